The lowest BCUT2D eigenvalue weighted by atomic mass is 10.1. The molecule has 1 heterocycles. The van der Waals surface area contributed by atoms with Crippen LogP contribution in [0.1, 0.15) is 17.3 Å². The van der Waals surface area contributed by atoms with Crippen LogP contribution < -0.4 is 5.56 Å². The largest absolute Gasteiger partial charge is 0.380 e. The van der Waals surface area contributed by atoms with Gasteiger partial charge in [-0.25, -0.2) is 0 Å². The lowest BCUT2D eigenvalue weighted by Gasteiger charge is -2.11. The molecule has 0 aliphatic heterocycles. The highest BCUT2D eigenvalue weighted by Crippen LogP contribution is 2.19. The Morgan fingerprint density at radius 1 is 1.37 bits per heavy atom. The zero-order chi connectivity index (χ0) is 13.8. The number of pyridine rings is 1. The van der Waals surface area contributed by atoms with Crippen LogP contribution in [0.3, 0.4) is 0 Å². The molecular formula is C14H14BrNO3. The molecular weight excluding hydrogens is 310 g/mol. The summed E-state index contributed by atoms with van der Waals surface area (Å²) in [5.41, 5.74) is 0.699. The van der Waals surface area contributed by atoms with Gasteiger partial charge >= 0.3 is 0 Å². The number of halogens is 1. The number of rotatable bonds is 5. The molecule has 0 unspecified atom stereocenters. The number of carbonyl (C=O) groups excluding carboxylic acids is 1. The van der Waals surface area contributed by atoms with E-state index in [1.165, 1.54) is 0 Å². The molecule has 2 rings (SSSR count). The number of benzene rings is 1. The molecule has 1 aromatic heterocycles. The quantitative estimate of drug-likeness (QED) is 0.627. The van der Waals surface area contributed by atoms with Gasteiger partial charge in [-0.1, -0.05) is 15.9 Å². The van der Waals surface area contributed by atoms with E-state index in [2.05, 4.69) is 15.9 Å². The van der Waals surface area contributed by atoms with E-state index in [1.807, 2.05) is 25.1 Å². The van der Waals surface area contributed by atoms with Gasteiger partial charge in [-0.05, 0) is 31.2 Å². The molecule has 0 aliphatic carbocycles. The van der Waals surface area contributed by atoms with E-state index in [9.17, 15) is 9.59 Å². The second-order valence-corrected chi connectivity index (χ2v) is 4.99. The number of fused-ring (bicyclic) bond motifs is 1. The molecule has 0 saturated heterocycles. The number of hydrogen-bond acceptors (Lipinski definition) is 3. The molecule has 0 spiro atoms. The highest BCUT2D eigenvalue weighted by Gasteiger charge is 2.09. The maximum absolute atomic E-state index is 12.2. The van der Waals surface area contributed by atoms with Crippen molar-refractivity contribution in [3.63, 3.8) is 0 Å². The second kappa shape index (κ2) is 6.12. The van der Waals surface area contributed by atoms with Gasteiger partial charge in [0.05, 0.1) is 17.7 Å². The van der Waals surface area contributed by atoms with Crippen molar-refractivity contribution in [3.05, 3.63) is 44.7 Å². The smallest absolute Gasteiger partial charge is 0.261 e. The Kier molecular flexibility index (Phi) is 4.50. The molecule has 1 aromatic carbocycles. The SMILES string of the molecule is CCOCCn1c(=O)c(C=O)cc2cc(Br)ccc21. The predicted molar refractivity (Wildman–Crippen MR) is 77.8 cm³/mol. The summed E-state index contributed by atoms with van der Waals surface area (Å²) >= 11 is 3.39. The standard InChI is InChI=1S/C14H14BrNO3/c1-2-19-6-5-16-13-4-3-12(15)8-10(13)7-11(9-17)14(16)18/h3-4,7-9H,2,5-6H2,1H3. The zero-order valence-electron chi connectivity index (χ0n) is 10.6. The Bertz CT molecular complexity index is 664. The fourth-order valence-corrected chi connectivity index (χ4v) is 2.37. The van der Waals surface area contributed by atoms with E-state index >= 15 is 0 Å². The van der Waals surface area contributed by atoms with E-state index in [0.717, 1.165) is 15.4 Å². The third-order valence-corrected chi connectivity index (χ3v) is 3.37. The first kappa shape index (κ1) is 14.0. The molecule has 0 N–H and O–H groups in total. The summed E-state index contributed by atoms with van der Waals surface area (Å²) in [7, 11) is 0. The molecule has 4 nitrogen and oxygen atoms in total. The highest BCUT2D eigenvalue weighted by atomic mass is 79.9. The van der Waals surface area contributed by atoms with Crippen LogP contribution in [0.25, 0.3) is 10.9 Å². The summed E-state index contributed by atoms with van der Waals surface area (Å²) in [6.07, 6.45) is 0.597. The zero-order valence-corrected chi connectivity index (χ0v) is 12.1. The van der Waals surface area contributed by atoms with Crippen molar-refractivity contribution >= 4 is 33.1 Å². The van der Waals surface area contributed by atoms with Crippen LogP contribution in [0.2, 0.25) is 0 Å². The van der Waals surface area contributed by atoms with Crippen LogP contribution >= 0.6 is 15.9 Å². The minimum Gasteiger partial charge on any atom is -0.380 e. The maximum Gasteiger partial charge on any atom is 0.261 e. The first-order chi connectivity index (χ1) is 9.17. The number of aldehydes is 1. The summed E-state index contributed by atoms with van der Waals surface area (Å²) in [5.74, 6) is 0. The lowest BCUT2D eigenvalue weighted by Crippen LogP contribution is -2.25. The predicted octanol–water partition coefficient (Wildman–Crippen LogP) is 2.61. The second-order valence-electron chi connectivity index (χ2n) is 4.07. The molecule has 2 aromatic rings. The first-order valence-electron chi connectivity index (χ1n) is 6.03. The summed E-state index contributed by atoms with van der Waals surface area (Å²) in [6, 6.07) is 7.24. The van der Waals surface area contributed by atoms with Crippen molar-refractivity contribution in [2.24, 2.45) is 0 Å². The van der Waals surface area contributed by atoms with Gasteiger partial charge in [-0.3, -0.25) is 9.59 Å². The van der Waals surface area contributed by atoms with Gasteiger partial charge in [-0.2, -0.15) is 0 Å². The van der Waals surface area contributed by atoms with Crippen molar-refractivity contribution in [1.29, 1.82) is 0 Å². The third kappa shape index (κ3) is 2.93. The number of aromatic nitrogens is 1. The fraction of sp³-hybridized carbons (Fsp3) is 0.286. The fourth-order valence-electron chi connectivity index (χ4n) is 1.99. The van der Waals surface area contributed by atoms with Crippen LogP contribution in [0, 0.1) is 0 Å². The van der Waals surface area contributed by atoms with Crippen molar-refractivity contribution < 1.29 is 9.53 Å². The van der Waals surface area contributed by atoms with Gasteiger partial charge in [0.15, 0.2) is 6.29 Å². The number of hydrogen-bond donors (Lipinski definition) is 0. The Morgan fingerprint density at radius 2 is 2.16 bits per heavy atom. The molecule has 19 heavy (non-hydrogen) atoms. The monoisotopic (exact) mass is 323 g/mol. The lowest BCUT2D eigenvalue weighted by molar-refractivity contribution is 0.112. The molecule has 100 valence electrons. The van der Waals surface area contributed by atoms with Crippen LogP contribution in [0.4, 0.5) is 0 Å². The van der Waals surface area contributed by atoms with Crippen molar-refractivity contribution in [3.8, 4) is 0 Å². The molecule has 0 saturated carbocycles. The van der Waals surface area contributed by atoms with Crippen molar-refractivity contribution in [2.75, 3.05) is 13.2 Å². The van der Waals surface area contributed by atoms with Crippen LogP contribution in [-0.4, -0.2) is 24.1 Å². The van der Waals surface area contributed by atoms with Gasteiger partial charge in [0, 0.05) is 23.0 Å². The average molecular weight is 324 g/mol. The van der Waals surface area contributed by atoms with E-state index in [4.69, 9.17) is 4.74 Å². The van der Waals surface area contributed by atoms with E-state index < -0.39 is 0 Å². The maximum atomic E-state index is 12.2. The number of nitrogens with zero attached hydrogens (tertiary/aromatic N) is 1. The Balaban J connectivity index is 2.60. The minimum atomic E-state index is -0.274. The summed E-state index contributed by atoms with van der Waals surface area (Å²) in [6.45, 7) is 3.39. The van der Waals surface area contributed by atoms with Gasteiger partial charge in [0.25, 0.3) is 5.56 Å². The number of ether oxygens (including phenoxy) is 1. The molecule has 0 radical (unpaired) electrons. The van der Waals surface area contributed by atoms with Crippen LogP contribution in [-0.2, 0) is 11.3 Å². The topological polar surface area (TPSA) is 48.3 Å². The van der Waals surface area contributed by atoms with E-state index in [1.54, 1.807) is 10.6 Å². The third-order valence-electron chi connectivity index (χ3n) is 2.87. The van der Waals surface area contributed by atoms with Crippen molar-refractivity contribution in [1.82, 2.24) is 4.57 Å². The Labute approximate surface area is 119 Å². The van der Waals surface area contributed by atoms with Crippen LogP contribution in [0.5, 0.6) is 0 Å². The average Bonchev–Trinajstić information content (AvgIpc) is 2.41. The summed E-state index contributed by atoms with van der Waals surface area (Å²) in [5, 5.41) is 0.854. The molecule has 0 aliphatic rings. The van der Waals surface area contributed by atoms with Gasteiger partial charge in [0.2, 0.25) is 0 Å². The van der Waals surface area contributed by atoms with Gasteiger partial charge in [0.1, 0.15) is 0 Å². The molecule has 5 heteroatoms. The van der Waals surface area contributed by atoms with Crippen molar-refractivity contribution in [2.45, 2.75) is 13.5 Å². The first-order valence-corrected chi connectivity index (χ1v) is 6.82. The van der Waals surface area contributed by atoms with Gasteiger partial charge in [-0.15, -0.1) is 0 Å². The summed E-state index contributed by atoms with van der Waals surface area (Å²) < 4.78 is 7.77. The summed E-state index contributed by atoms with van der Waals surface area (Å²) in [4.78, 5) is 23.1. The van der Waals surface area contributed by atoms with Gasteiger partial charge < -0.3 is 9.30 Å². The highest BCUT2D eigenvalue weighted by molar-refractivity contribution is 9.10. The molecule has 0 bridgehead atoms. The van der Waals surface area contributed by atoms with Crippen LogP contribution in [0.15, 0.2) is 33.5 Å². The molecule has 0 atom stereocenters. The van der Waals surface area contributed by atoms with E-state index in [-0.39, 0.29) is 11.1 Å². The molecule has 0 amide bonds. The Morgan fingerprint density at radius 3 is 2.84 bits per heavy atom. The van der Waals surface area contributed by atoms with E-state index in [0.29, 0.717) is 26.0 Å². The normalized spacial score (nSPS) is 10.8. The number of carbonyl (C=O) groups is 1. The minimum absolute atomic E-state index is 0.169. The molecule has 0 fully saturated rings. The Hall–Kier alpha value is -1.46.